The average Bonchev–Trinajstić information content (AvgIpc) is 3.13. The van der Waals surface area contributed by atoms with E-state index in [1.807, 2.05) is 12.1 Å². The monoisotopic (exact) mass is 282 g/mol. The molecule has 3 aromatic rings. The minimum atomic E-state index is -0.195. The first kappa shape index (κ1) is 11.4. The van der Waals surface area contributed by atoms with E-state index in [9.17, 15) is 4.79 Å². The molecule has 0 spiro atoms. The molecule has 0 saturated carbocycles. The fraction of sp³-hybridized carbons (Fsp3) is 0.0714. The fourth-order valence-corrected chi connectivity index (χ4v) is 3.35. The van der Waals surface area contributed by atoms with E-state index < -0.39 is 0 Å². The Morgan fingerprint density at radius 3 is 3.10 bits per heavy atom. The molecule has 6 heteroatoms. The highest BCUT2D eigenvalue weighted by Crippen LogP contribution is 2.40. The zero-order chi connectivity index (χ0) is 13.5. The third kappa shape index (κ3) is 1.73. The Kier molecular flexibility index (Phi) is 2.43. The van der Waals surface area contributed by atoms with Crippen LogP contribution in [0, 0.1) is 0 Å². The maximum Gasteiger partial charge on any atom is 0.260 e. The van der Waals surface area contributed by atoms with Gasteiger partial charge >= 0.3 is 0 Å². The van der Waals surface area contributed by atoms with Crippen molar-refractivity contribution in [3.05, 3.63) is 52.7 Å². The predicted octanol–water partition coefficient (Wildman–Crippen LogP) is 2.69. The van der Waals surface area contributed by atoms with Gasteiger partial charge in [0, 0.05) is 23.1 Å². The molecule has 1 amide bonds. The number of amides is 1. The van der Waals surface area contributed by atoms with Gasteiger partial charge in [-0.05, 0) is 5.56 Å². The van der Waals surface area contributed by atoms with Crippen molar-refractivity contribution in [1.29, 1.82) is 0 Å². The molecule has 4 rings (SSSR count). The summed E-state index contributed by atoms with van der Waals surface area (Å²) in [4.78, 5) is 17.7. The van der Waals surface area contributed by atoms with Crippen molar-refractivity contribution >= 4 is 22.4 Å². The molecule has 2 heterocycles. The van der Waals surface area contributed by atoms with Gasteiger partial charge in [-0.25, -0.2) is 4.98 Å². The van der Waals surface area contributed by atoms with Gasteiger partial charge in [0.05, 0.1) is 17.5 Å². The highest BCUT2D eigenvalue weighted by molar-refractivity contribution is 7.16. The van der Waals surface area contributed by atoms with E-state index in [2.05, 4.69) is 32.6 Å². The summed E-state index contributed by atoms with van der Waals surface area (Å²) in [6, 6.07) is 8.24. The van der Waals surface area contributed by atoms with Crippen LogP contribution in [0.15, 0.2) is 36.7 Å². The first-order valence-corrected chi connectivity index (χ1v) is 7.01. The van der Waals surface area contributed by atoms with Crippen molar-refractivity contribution in [3.8, 4) is 11.3 Å². The van der Waals surface area contributed by atoms with Crippen LogP contribution in [0.1, 0.15) is 20.8 Å². The first-order chi connectivity index (χ1) is 9.81. The fourth-order valence-electron chi connectivity index (χ4n) is 2.36. The van der Waals surface area contributed by atoms with Crippen LogP contribution in [0.25, 0.3) is 11.3 Å². The van der Waals surface area contributed by atoms with E-state index in [4.69, 9.17) is 0 Å². The van der Waals surface area contributed by atoms with Gasteiger partial charge in [-0.15, -0.1) is 11.3 Å². The topological polar surface area (TPSA) is 70.7 Å². The third-order valence-corrected chi connectivity index (χ3v) is 4.27. The van der Waals surface area contributed by atoms with Crippen LogP contribution in [0.5, 0.6) is 0 Å². The normalized spacial score (nSPS) is 12.0. The van der Waals surface area contributed by atoms with Crippen LogP contribution in [-0.2, 0) is 6.42 Å². The molecule has 0 bridgehead atoms. The maximum atomic E-state index is 11.9. The van der Waals surface area contributed by atoms with Crippen LogP contribution in [0.2, 0.25) is 0 Å². The van der Waals surface area contributed by atoms with Crippen LogP contribution in [0.3, 0.4) is 0 Å². The number of H-pyrrole nitrogens is 1. The molecule has 0 unspecified atom stereocenters. The number of nitrogens with zero attached hydrogens (tertiary/aromatic N) is 2. The van der Waals surface area contributed by atoms with E-state index in [1.165, 1.54) is 33.5 Å². The smallest absolute Gasteiger partial charge is 0.260 e. The Morgan fingerprint density at radius 1 is 1.35 bits per heavy atom. The summed E-state index contributed by atoms with van der Waals surface area (Å²) < 4.78 is 0. The second-order valence-corrected chi connectivity index (χ2v) is 5.65. The number of anilines is 1. The summed E-state index contributed by atoms with van der Waals surface area (Å²) in [6.07, 6.45) is 3.95. The van der Waals surface area contributed by atoms with Crippen molar-refractivity contribution < 1.29 is 4.79 Å². The molecule has 0 aliphatic heterocycles. The minimum absolute atomic E-state index is 0.195. The summed E-state index contributed by atoms with van der Waals surface area (Å²) >= 11 is 1.53. The summed E-state index contributed by atoms with van der Waals surface area (Å²) in [5.74, 6) is -0.195. The summed E-state index contributed by atoms with van der Waals surface area (Å²) in [5.41, 5.74) is 3.96. The lowest BCUT2D eigenvalue weighted by Gasteiger charge is -2.00. The van der Waals surface area contributed by atoms with Crippen molar-refractivity contribution in [1.82, 2.24) is 15.2 Å². The van der Waals surface area contributed by atoms with Crippen LogP contribution < -0.4 is 5.32 Å². The lowest BCUT2D eigenvalue weighted by Crippen LogP contribution is -2.10. The molecule has 98 valence electrons. The molecule has 1 aliphatic carbocycles. The summed E-state index contributed by atoms with van der Waals surface area (Å²) in [7, 11) is 0. The maximum absolute atomic E-state index is 11.9. The molecule has 2 aromatic heterocycles. The first-order valence-electron chi connectivity index (χ1n) is 6.19. The molecule has 5 nitrogen and oxygen atoms in total. The Bertz CT molecular complexity index is 791. The number of aromatic nitrogens is 3. The number of nitrogens with one attached hydrogen (secondary N) is 2. The average molecular weight is 282 g/mol. The molecular formula is C14H10N4OS. The SMILES string of the molecule is O=C(Nc1nc2c(s1)Cc1ccccc1-2)c1cn[nH]c1. The molecule has 20 heavy (non-hydrogen) atoms. The molecule has 0 radical (unpaired) electrons. The summed E-state index contributed by atoms with van der Waals surface area (Å²) in [5, 5.41) is 9.83. The molecule has 2 N–H and O–H groups in total. The van der Waals surface area contributed by atoms with Gasteiger partial charge in [0.15, 0.2) is 5.13 Å². The van der Waals surface area contributed by atoms with Gasteiger partial charge in [0.25, 0.3) is 5.91 Å². The third-order valence-electron chi connectivity index (χ3n) is 3.30. The summed E-state index contributed by atoms with van der Waals surface area (Å²) in [6.45, 7) is 0. The van der Waals surface area contributed by atoms with E-state index in [0.29, 0.717) is 10.7 Å². The molecule has 1 aliphatic rings. The van der Waals surface area contributed by atoms with E-state index in [1.54, 1.807) is 6.20 Å². The molecule has 0 saturated heterocycles. The highest BCUT2D eigenvalue weighted by atomic mass is 32.1. The van der Waals surface area contributed by atoms with Gasteiger partial charge in [0.1, 0.15) is 0 Å². The molecular weight excluding hydrogens is 272 g/mol. The number of hydrogen-bond acceptors (Lipinski definition) is 4. The second-order valence-electron chi connectivity index (χ2n) is 4.57. The Hall–Kier alpha value is -2.47. The minimum Gasteiger partial charge on any atom is -0.298 e. The predicted molar refractivity (Wildman–Crippen MR) is 76.9 cm³/mol. The number of carbonyl (C=O) groups is 1. The number of thiazole rings is 1. The number of rotatable bonds is 2. The van der Waals surface area contributed by atoms with Crippen molar-refractivity contribution in [2.75, 3.05) is 5.32 Å². The van der Waals surface area contributed by atoms with E-state index in [0.717, 1.165) is 12.1 Å². The second kappa shape index (κ2) is 4.28. The van der Waals surface area contributed by atoms with Crippen LogP contribution in [-0.4, -0.2) is 21.1 Å². The van der Waals surface area contributed by atoms with Gasteiger partial charge in [-0.1, -0.05) is 24.3 Å². The van der Waals surface area contributed by atoms with Gasteiger partial charge in [0.2, 0.25) is 0 Å². The van der Waals surface area contributed by atoms with Crippen LogP contribution in [0.4, 0.5) is 5.13 Å². The van der Waals surface area contributed by atoms with Crippen molar-refractivity contribution in [3.63, 3.8) is 0 Å². The van der Waals surface area contributed by atoms with E-state index in [-0.39, 0.29) is 5.91 Å². The zero-order valence-electron chi connectivity index (χ0n) is 10.4. The van der Waals surface area contributed by atoms with Crippen molar-refractivity contribution in [2.24, 2.45) is 0 Å². The van der Waals surface area contributed by atoms with Gasteiger partial charge < -0.3 is 0 Å². The van der Waals surface area contributed by atoms with E-state index >= 15 is 0 Å². The molecule has 0 fully saturated rings. The van der Waals surface area contributed by atoms with Crippen molar-refractivity contribution in [2.45, 2.75) is 6.42 Å². The highest BCUT2D eigenvalue weighted by Gasteiger charge is 2.23. The Morgan fingerprint density at radius 2 is 2.25 bits per heavy atom. The lowest BCUT2D eigenvalue weighted by atomic mass is 10.1. The Balaban J connectivity index is 1.63. The number of carbonyl (C=O) groups excluding carboxylic acids is 1. The largest absolute Gasteiger partial charge is 0.298 e. The number of hydrogen-bond donors (Lipinski definition) is 2. The number of benzene rings is 1. The van der Waals surface area contributed by atoms with Gasteiger partial charge in [-0.3, -0.25) is 15.2 Å². The molecule has 0 atom stereocenters. The zero-order valence-corrected chi connectivity index (χ0v) is 11.2. The van der Waals surface area contributed by atoms with Gasteiger partial charge in [-0.2, -0.15) is 5.10 Å². The lowest BCUT2D eigenvalue weighted by molar-refractivity contribution is 0.102. The molecule has 1 aromatic carbocycles. The number of aromatic amines is 1. The Labute approximate surface area is 118 Å². The van der Waals surface area contributed by atoms with Crippen LogP contribution >= 0.6 is 11.3 Å². The quantitative estimate of drug-likeness (QED) is 0.594. The standard InChI is InChI=1S/C14H10N4OS/c19-13(9-6-15-16-7-9)18-14-17-12-10-4-2-1-3-8(10)5-11(12)20-14/h1-4,6-7H,5H2,(H,15,16)(H,17,18,19). The number of fused-ring (bicyclic) bond motifs is 3.